The van der Waals surface area contributed by atoms with E-state index in [1.165, 1.54) is 41.5 Å². The SMILES string of the molecule is Nc1ccnc(SCSC2=C(C(=O)O)N3C(=O)C(NC(=O)/C(=N\O)c4nc(N)sc4Cl)C3SC2)n1. The maximum Gasteiger partial charge on any atom is 0.353 e. The number of carbonyl (C=O) groups is 3. The number of nitrogens with one attached hydrogen (secondary N) is 1. The Morgan fingerprint density at radius 1 is 1.34 bits per heavy atom. The quantitative estimate of drug-likeness (QED) is 0.0569. The van der Waals surface area contributed by atoms with Crippen molar-refractivity contribution in [2.75, 3.05) is 22.3 Å². The number of carboxylic acids is 1. The number of thiazole rings is 1. The minimum Gasteiger partial charge on any atom is -0.477 e. The number of fused-ring (bicyclic) bond motifs is 1. The fourth-order valence-electron chi connectivity index (χ4n) is 3.15. The normalized spacial score (nSPS) is 19.9. The van der Waals surface area contributed by atoms with E-state index in [9.17, 15) is 24.7 Å². The summed E-state index contributed by atoms with van der Waals surface area (Å²) in [6.07, 6.45) is 1.52. The van der Waals surface area contributed by atoms with Crippen LogP contribution in [0.5, 0.6) is 0 Å². The van der Waals surface area contributed by atoms with Gasteiger partial charge in [-0.25, -0.2) is 19.7 Å². The minimum atomic E-state index is -1.26. The van der Waals surface area contributed by atoms with Crippen LogP contribution in [0.2, 0.25) is 4.34 Å². The van der Waals surface area contributed by atoms with Gasteiger partial charge in [-0.05, 0) is 6.07 Å². The van der Waals surface area contributed by atoms with Crippen molar-refractivity contribution < 1.29 is 24.7 Å². The van der Waals surface area contributed by atoms with Crippen molar-refractivity contribution in [1.82, 2.24) is 25.2 Å². The number of halogens is 1. The molecule has 184 valence electrons. The molecule has 2 unspecified atom stereocenters. The molecular weight excluding hydrogens is 560 g/mol. The first-order valence-corrected chi connectivity index (χ1v) is 13.6. The Bertz CT molecular complexity index is 1270. The van der Waals surface area contributed by atoms with Crippen LogP contribution in [0, 0.1) is 0 Å². The van der Waals surface area contributed by atoms with Gasteiger partial charge in [0, 0.05) is 16.9 Å². The molecule has 2 aliphatic heterocycles. The van der Waals surface area contributed by atoms with Gasteiger partial charge in [-0.3, -0.25) is 14.5 Å². The Kier molecular flexibility index (Phi) is 7.60. The molecule has 1 saturated heterocycles. The van der Waals surface area contributed by atoms with E-state index >= 15 is 0 Å². The number of nitrogens with two attached hydrogens (primary N) is 2. The standard InChI is InChI=1S/C17H15ClN8O5S4/c18-11-7(24-16(20)35-11)8(25-31)12(27)23-9-13(28)26-10(15(29)30)5(3-32-14(9)26)33-4-34-17-21-2-1-6(19)22-17/h1-2,9,14,31H,3-4H2,(H2,20,24)(H,23,27)(H,29,30)(H2,19,21,22)/b25-8-. The van der Waals surface area contributed by atoms with Crippen LogP contribution in [0.4, 0.5) is 10.9 Å². The number of rotatable bonds is 8. The van der Waals surface area contributed by atoms with Crippen molar-refractivity contribution in [2.24, 2.45) is 5.16 Å². The number of thioether (sulfide) groups is 3. The highest BCUT2D eigenvalue weighted by atomic mass is 35.5. The number of carboxylic acid groups (broad SMARTS) is 1. The second-order valence-corrected chi connectivity index (χ2v) is 11.8. The van der Waals surface area contributed by atoms with Crippen LogP contribution < -0.4 is 16.8 Å². The third-order valence-corrected chi connectivity index (χ3v) is 9.27. The van der Waals surface area contributed by atoms with E-state index in [2.05, 4.69) is 25.4 Å². The van der Waals surface area contributed by atoms with Gasteiger partial charge in [0.15, 0.2) is 16.0 Å². The van der Waals surface area contributed by atoms with Crippen LogP contribution in [-0.2, 0) is 14.4 Å². The summed E-state index contributed by atoms with van der Waals surface area (Å²) in [5.74, 6) is -2.15. The molecule has 4 heterocycles. The van der Waals surface area contributed by atoms with E-state index in [1.807, 2.05) is 0 Å². The molecule has 35 heavy (non-hydrogen) atoms. The number of aliphatic carboxylic acids is 1. The number of hydrogen-bond donors (Lipinski definition) is 5. The van der Waals surface area contributed by atoms with Crippen molar-refractivity contribution >= 4 is 92.7 Å². The largest absolute Gasteiger partial charge is 0.477 e. The van der Waals surface area contributed by atoms with Crippen LogP contribution in [0.3, 0.4) is 0 Å². The van der Waals surface area contributed by atoms with Gasteiger partial charge in [0.1, 0.15) is 33.0 Å². The predicted octanol–water partition coefficient (Wildman–Crippen LogP) is 1.11. The first-order chi connectivity index (χ1) is 16.7. The van der Waals surface area contributed by atoms with Crippen molar-refractivity contribution in [3.8, 4) is 0 Å². The number of hydrogen-bond acceptors (Lipinski definition) is 14. The molecule has 0 radical (unpaired) electrons. The van der Waals surface area contributed by atoms with E-state index in [-0.39, 0.29) is 20.9 Å². The van der Waals surface area contributed by atoms with E-state index < -0.39 is 34.9 Å². The summed E-state index contributed by atoms with van der Waals surface area (Å²) < 4.78 is 0.0401. The molecule has 2 aliphatic rings. The van der Waals surface area contributed by atoms with Crippen molar-refractivity contribution in [3.63, 3.8) is 0 Å². The third-order valence-electron chi connectivity index (χ3n) is 4.64. The van der Waals surface area contributed by atoms with Gasteiger partial charge in [0.05, 0.1) is 5.08 Å². The summed E-state index contributed by atoms with van der Waals surface area (Å²) >= 11 is 10.7. The van der Waals surface area contributed by atoms with Crippen molar-refractivity contribution in [1.29, 1.82) is 0 Å². The van der Waals surface area contributed by atoms with Crippen molar-refractivity contribution in [3.05, 3.63) is 32.9 Å². The number of amides is 2. The molecule has 2 aromatic rings. The fraction of sp³-hybridized carbons (Fsp3) is 0.235. The van der Waals surface area contributed by atoms with Crippen LogP contribution in [0.25, 0.3) is 0 Å². The highest BCUT2D eigenvalue weighted by Gasteiger charge is 2.54. The minimum absolute atomic E-state index is 0.0401. The zero-order chi connectivity index (χ0) is 25.3. The summed E-state index contributed by atoms with van der Waals surface area (Å²) in [5, 5.41) is 24.7. The summed E-state index contributed by atoms with van der Waals surface area (Å²) in [6, 6.07) is 0.524. The summed E-state index contributed by atoms with van der Waals surface area (Å²) in [5.41, 5.74) is 10.4. The predicted molar refractivity (Wildman–Crippen MR) is 134 cm³/mol. The number of anilines is 2. The Hall–Kier alpha value is -2.73. The van der Waals surface area contributed by atoms with Gasteiger partial charge in [-0.15, -0.1) is 23.5 Å². The van der Waals surface area contributed by atoms with Crippen LogP contribution in [0.1, 0.15) is 5.69 Å². The smallest absolute Gasteiger partial charge is 0.353 e. The maximum absolute atomic E-state index is 12.8. The third kappa shape index (κ3) is 5.13. The molecule has 2 atom stereocenters. The van der Waals surface area contributed by atoms with Gasteiger partial charge in [-0.2, -0.15) is 0 Å². The first-order valence-electron chi connectivity index (χ1n) is 9.41. The Morgan fingerprint density at radius 2 is 2.11 bits per heavy atom. The molecule has 0 spiro atoms. The van der Waals surface area contributed by atoms with E-state index in [1.54, 1.807) is 6.07 Å². The van der Waals surface area contributed by atoms with Crippen LogP contribution in [0.15, 0.2) is 33.2 Å². The Labute approximate surface area is 218 Å². The first kappa shape index (κ1) is 25.4. The van der Waals surface area contributed by atoms with E-state index in [4.69, 9.17) is 23.1 Å². The molecule has 0 saturated carbocycles. The van der Waals surface area contributed by atoms with Crippen LogP contribution >= 0.6 is 58.2 Å². The number of nitrogen functional groups attached to an aromatic ring is 2. The fourth-order valence-corrected chi connectivity index (χ4v) is 7.67. The number of nitrogens with zero attached hydrogens (tertiary/aromatic N) is 5. The lowest BCUT2D eigenvalue weighted by Crippen LogP contribution is -2.71. The number of carbonyl (C=O) groups excluding carboxylic acids is 2. The average Bonchev–Trinajstić information content (AvgIpc) is 3.14. The van der Waals surface area contributed by atoms with Gasteiger partial charge in [0.25, 0.3) is 11.8 Å². The van der Waals surface area contributed by atoms with Crippen LogP contribution in [-0.4, -0.2) is 75.9 Å². The molecule has 18 heteroatoms. The summed E-state index contributed by atoms with van der Waals surface area (Å²) in [7, 11) is 0. The monoisotopic (exact) mass is 574 g/mol. The zero-order valence-electron chi connectivity index (χ0n) is 17.2. The molecule has 2 amide bonds. The van der Waals surface area contributed by atoms with Gasteiger partial charge in [-0.1, -0.05) is 39.9 Å². The topological polar surface area (TPSA) is 210 Å². The molecule has 7 N–H and O–H groups in total. The van der Waals surface area contributed by atoms with Gasteiger partial charge >= 0.3 is 5.97 Å². The molecule has 1 fully saturated rings. The number of oxime groups is 1. The lowest BCUT2D eigenvalue weighted by molar-refractivity contribution is -0.150. The Balaban J connectivity index is 1.44. The lowest BCUT2D eigenvalue weighted by Gasteiger charge is -2.49. The Morgan fingerprint density at radius 3 is 2.74 bits per heavy atom. The lowest BCUT2D eigenvalue weighted by atomic mass is 10.0. The molecule has 0 aromatic carbocycles. The molecule has 13 nitrogen and oxygen atoms in total. The molecular formula is C17H15ClN8O5S4. The van der Waals surface area contributed by atoms with E-state index in [0.29, 0.717) is 26.7 Å². The summed E-state index contributed by atoms with van der Waals surface area (Å²) in [4.78, 5) is 51.1. The average molecular weight is 575 g/mol. The number of β-lactam (4-membered cyclic amide) rings is 1. The van der Waals surface area contributed by atoms with Crippen molar-refractivity contribution in [2.45, 2.75) is 16.6 Å². The number of aromatic nitrogens is 3. The second kappa shape index (κ2) is 10.5. The van der Waals surface area contributed by atoms with Gasteiger partial charge < -0.3 is 27.1 Å². The van der Waals surface area contributed by atoms with Gasteiger partial charge in [0.2, 0.25) is 0 Å². The molecule has 4 rings (SSSR count). The summed E-state index contributed by atoms with van der Waals surface area (Å²) in [6.45, 7) is 0. The molecule has 2 aromatic heterocycles. The molecule has 0 bridgehead atoms. The van der Waals surface area contributed by atoms with E-state index in [0.717, 1.165) is 16.2 Å². The highest BCUT2D eigenvalue weighted by Crippen LogP contribution is 2.44. The second-order valence-electron chi connectivity index (χ2n) is 6.73. The maximum atomic E-state index is 12.8. The highest BCUT2D eigenvalue weighted by molar-refractivity contribution is 8.18. The molecule has 0 aliphatic carbocycles. The zero-order valence-corrected chi connectivity index (χ0v) is 21.3.